The Bertz CT molecular complexity index is 807. The molecular formula is C18H15NO2. The van der Waals surface area contributed by atoms with Gasteiger partial charge in [-0.1, -0.05) is 42.5 Å². The van der Waals surface area contributed by atoms with E-state index in [0.29, 0.717) is 18.4 Å². The van der Waals surface area contributed by atoms with Gasteiger partial charge in [-0.3, -0.25) is 4.79 Å². The minimum atomic E-state index is 0.0116. The minimum absolute atomic E-state index is 0.0116. The van der Waals surface area contributed by atoms with E-state index in [-0.39, 0.29) is 5.75 Å². The van der Waals surface area contributed by atoms with E-state index in [0.717, 1.165) is 27.5 Å². The molecule has 21 heavy (non-hydrogen) atoms. The highest BCUT2D eigenvalue weighted by Gasteiger charge is 2.07. The van der Waals surface area contributed by atoms with Crippen LogP contribution in [-0.4, -0.2) is 11.4 Å². The van der Waals surface area contributed by atoms with Gasteiger partial charge in [-0.05, 0) is 39.6 Å². The summed E-state index contributed by atoms with van der Waals surface area (Å²) in [6.45, 7) is 0.528. The van der Waals surface area contributed by atoms with Crippen LogP contribution in [0.1, 0.15) is 15.9 Å². The molecule has 3 nitrogen and oxygen atoms in total. The molecule has 0 atom stereocenters. The van der Waals surface area contributed by atoms with E-state index in [9.17, 15) is 9.90 Å². The number of aromatic hydroxyl groups is 1. The summed E-state index contributed by atoms with van der Waals surface area (Å²) in [6, 6.07) is 17.3. The van der Waals surface area contributed by atoms with Crippen LogP contribution in [0.25, 0.3) is 21.9 Å². The van der Waals surface area contributed by atoms with E-state index in [4.69, 9.17) is 5.73 Å². The van der Waals surface area contributed by atoms with Gasteiger partial charge in [0, 0.05) is 6.54 Å². The number of benzene rings is 3. The van der Waals surface area contributed by atoms with Crippen molar-refractivity contribution in [2.45, 2.75) is 6.54 Å². The molecule has 104 valence electrons. The second kappa shape index (κ2) is 5.38. The highest BCUT2D eigenvalue weighted by Crippen LogP contribution is 2.30. The smallest absolute Gasteiger partial charge is 0.154 e. The van der Waals surface area contributed by atoms with Crippen LogP contribution in [0.4, 0.5) is 0 Å². The molecule has 0 fully saturated rings. The Kier molecular flexibility index (Phi) is 3.42. The Balaban J connectivity index is 2.12. The van der Waals surface area contributed by atoms with Crippen molar-refractivity contribution in [3.8, 4) is 16.9 Å². The van der Waals surface area contributed by atoms with Gasteiger partial charge < -0.3 is 10.8 Å². The van der Waals surface area contributed by atoms with Crippen molar-refractivity contribution < 1.29 is 9.90 Å². The summed E-state index contributed by atoms with van der Waals surface area (Å²) in [4.78, 5) is 11.1. The highest BCUT2D eigenvalue weighted by molar-refractivity contribution is 6.02. The van der Waals surface area contributed by atoms with Crippen molar-refractivity contribution in [1.82, 2.24) is 0 Å². The number of hydrogen-bond acceptors (Lipinski definition) is 3. The number of aldehydes is 1. The lowest BCUT2D eigenvalue weighted by molar-refractivity contribution is 0.112. The van der Waals surface area contributed by atoms with Crippen molar-refractivity contribution in [1.29, 1.82) is 0 Å². The second-order valence-electron chi connectivity index (χ2n) is 4.95. The third kappa shape index (κ3) is 2.39. The fourth-order valence-electron chi connectivity index (χ4n) is 2.48. The van der Waals surface area contributed by atoms with Crippen molar-refractivity contribution in [2.24, 2.45) is 5.73 Å². The first-order valence-electron chi connectivity index (χ1n) is 6.73. The molecular weight excluding hydrogens is 262 g/mol. The molecule has 0 bridgehead atoms. The topological polar surface area (TPSA) is 63.3 Å². The van der Waals surface area contributed by atoms with Crippen LogP contribution < -0.4 is 5.73 Å². The number of nitrogens with two attached hydrogens (primary N) is 1. The van der Waals surface area contributed by atoms with Crippen LogP contribution in [0.15, 0.2) is 54.6 Å². The zero-order chi connectivity index (χ0) is 14.8. The maximum atomic E-state index is 11.1. The Morgan fingerprint density at radius 1 is 0.952 bits per heavy atom. The molecule has 0 saturated carbocycles. The molecule has 3 aromatic carbocycles. The first-order valence-corrected chi connectivity index (χ1v) is 6.73. The van der Waals surface area contributed by atoms with E-state index in [1.165, 1.54) is 0 Å². The van der Waals surface area contributed by atoms with Gasteiger partial charge in [0.05, 0.1) is 5.56 Å². The Morgan fingerprint density at radius 3 is 2.33 bits per heavy atom. The second-order valence-corrected chi connectivity index (χ2v) is 4.95. The Hall–Kier alpha value is -2.65. The number of fused-ring (bicyclic) bond motifs is 1. The summed E-state index contributed by atoms with van der Waals surface area (Å²) in [7, 11) is 0. The van der Waals surface area contributed by atoms with Crippen LogP contribution in [0.5, 0.6) is 5.75 Å². The summed E-state index contributed by atoms with van der Waals surface area (Å²) in [5.74, 6) is 0.0116. The molecule has 0 saturated heterocycles. The average Bonchev–Trinajstić information content (AvgIpc) is 2.54. The molecule has 0 aliphatic carbocycles. The third-order valence-corrected chi connectivity index (χ3v) is 3.68. The normalized spacial score (nSPS) is 10.7. The Labute approximate surface area is 122 Å². The van der Waals surface area contributed by atoms with E-state index in [1.807, 2.05) is 48.5 Å². The number of carbonyl (C=O) groups excluding carboxylic acids is 1. The standard InChI is InChI=1S/C18H15NO2/c19-10-12-1-3-13(4-2-12)14-5-7-16-15(9-14)6-8-18(21)17(16)11-20/h1-9,11,21H,10,19H2. The molecule has 0 aromatic heterocycles. The largest absolute Gasteiger partial charge is 0.507 e. The minimum Gasteiger partial charge on any atom is -0.507 e. The molecule has 3 aromatic rings. The van der Waals surface area contributed by atoms with E-state index in [1.54, 1.807) is 6.07 Å². The van der Waals surface area contributed by atoms with Crippen molar-refractivity contribution in [3.05, 3.63) is 65.7 Å². The van der Waals surface area contributed by atoms with E-state index < -0.39 is 0 Å². The molecule has 3 N–H and O–H groups in total. The maximum absolute atomic E-state index is 11.1. The van der Waals surface area contributed by atoms with E-state index in [2.05, 4.69) is 0 Å². The summed E-state index contributed by atoms with van der Waals surface area (Å²) >= 11 is 0. The number of phenolic OH excluding ortho intramolecular Hbond substituents is 1. The molecule has 0 heterocycles. The fraction of sp³-hybridized carbons (Fsp3) is 0.0556. The monoisotopic (exact) mass is 277 g/mol. The SMILES string of the molecule is NCc1ccc(-c2ccc3c(C=O)c(O)ccc3c2)cc1. The number of hydrogen-bond donors (Lipinski definition) is 2. The predicted octanol–water partition coefficient (Wildman–Crippen LogP) is 3.48. The van der Waals surface area contributed by atoms with Crippen LogP contribution in [0.3, 0.4) is 0 Å². The van der Waals surface area contributed by atoms with Gasteiger partial charge in [0.2, 0.25) is 0 Å². The van der Waals surface area contributed by atoms with Gasteiger partial charge in [-0.25, -0.2) is 0 Å². The molecule has 0 amide bonds. The third-order valence-electron chi connectivity index (χ3n) is 3.68. The molecule has 0 unspecified atom stereocenters. The molecule has 0 aliphatic heterocycles. The summed E-state index contributed by atoms with van der Waals surface area (Å²) in [6.07, 6.45) is 0.688. The first-order chi connectivity index (χ1) is 10.2. The lowest BCUT2D eigenvalue weighted by atomic mass is 9.98. The molecule has 0 radical (unpaired) electrons. The van der Waals surface area contributed by atoms with Crippen LogP contribution in [0.2, 0.25) is 0 Å². The lowest BCUT2D eigenvalue weighted by Crippen LogP contribution is -1.95. The van der Waals surface area contributed by atoms with Gasteiger partial charge in [-0.15, -0.1) is 0 Å². The highest BCUT2D eigenvalue weighted by atomic mass is 16.3. The van der Waals surface area contributed by atoms with Crippen molar-refractivity contribution in [2.75, 3.05) is 0 Å². The Morgan fingerprint density at radius 2 is 1.67 bits per heavy atom. The molecule has 0 spiro atoms. The summed E-state index contributed by atoms with van der Waals surface area (Å²) in [5.41, 5.74) is 9.18. The lowest BCUT2D eigenvalue weighted by Gasteiger charge is -2.07. The number of carbonyl (C=O) groups is 1. The summed E-state index contributed by atoms with van der Waals surface area (Å²) < 4.78 is 0. The zero-order valence-corrected chi connectivity index (χ0v) is 11.4. The van der Waals surface area contributed by atoms with Crippen LogP contribution in [-0.2, 0) is 6.54 Å². The number of rotatable bonds is 3. The van der Waals surface area contributed by atoms with E-state index >= 15 is 0 Å². The maximum Gasteiger partial charge on any atom is 0.154 e. The molecule has 0 aliphatic rings. The molecule has 3 heteroatoms. The average molecular weight is 277 g/mol. The van der Waals surface area contributed by atoms with Gasteiger partial charge in [0.25, 0.3) is 0 Å². The van der Waals surface area contributed by atoms with Gasteiger partial charge in [-0.2, -0.15) is 0 Å². The van der Waals surface area contributed by atoms with Gasteiger partial charge in [0.15, 0.2) is 6.29 Å². The zero-order valence-electron chi connectivity index (χ0n) is 11.4. The van der Waals surface area contributed by atoms with Gasteiger partial charge in [0.1, 0.15) is 5.75 Å². The predicted molar refractivity (Wildman–Crippen MR) is 84.3 cm³/mol. The quantitative estimate of drug-likeness (QED) is 0.720. The number of phenols is 1. The molecule has 3 rings (SSSR count). The van der Waals surface area contributed by atoms with Crippen LogP contribution >= 0.6 is 0 Å². The van der Waals surface area contributed by atoms with Crippen molar-refractivity contribution in [3.63, 3.8) is 0 Å². The fourth-order valence-corrected chi connectivity index (χ4v) is 2.48. The van der Waals surface area contributed by atoms with Crippen molar-refractivity contribution >= 4 is 17.1 Å². The van der Waals surface area contributed by atoms with Gasteiger partial charge >= 0.3 is 0 Å². The summed E-state index contributed by atoms with van der Waals surface area (Å²) in [5, 5.41) is 11.4. The first kappa shape index (κ1) is 13.3. The van der Waals surface area contributed by atoms with Crippen LogP contribution in [0, 0.1) is 0 Å².